The van der Waals surface area contributed by atoms with Gasteiger partial charge in [-0.2, -0.15) is 0 Å². The van der Waals surface area contributed by atoms with Crippen molar-refractivity contribution in [1.29, 1.82) is 5.41 Å². The molecule has 1 aromatic heterocycles. The molecule has 0 aromatic carbocycles. The van der Waals surface area contributed by atoms with Crippen LogP contribution in [0.5, 0.6) is 0 Å². The first kappa shape index (κ1) is 10.3. The fraction of sp³-hybridized carbons (Fsp3) is 0.167. The lowest BCUT2D eigenvalue weighted by atomic mass is 10.3. The first-order chi connectivity index (χ1) is 6.57. The lowest BCUT2D eigenvalue weighted by Crippen LogP contribution is -2.29. The van der Waals surface area contributed by atoms with Crippen molar-refractivity contribution in [3.05, 3.63) is 15.9 Å². The molecule has 1 aromatic rings. The number of carbonyl (C=O) groups is 1. The summed E-state index contributed by atoms with van der Waals surface area (Å²) in [6.45, 7) is 0. The fourth-order valence-corrected chi connectivity index (χ4v) is 1.45. The third kappa shape index (κ3) is 1.74. The molecular formula is C6H8N4O3S. The molecule has 0 saturated heterocycles. The minimum Gasteiger partial charge on any atom is -0.476 e. The van der Waals surface area contributed by atoms with E-state index in [0.717, 1.165) is 16.0 Å². The van der Waals surface area contributed by atoms with Crippen molar-refractivity contribution in [3.63, 3.8) is 0 Å². The standard InChI is InChI=1S/C6H8N4O3S/c1-13-9-4(5(11)12)3-2-14-6(7)10(3)8/h2,7H,8H2,1H3,(H,11,12). The highest BCUT2D eigenvalue weighted by atomic mass is 32.1. The van der Waals surface area contributed by atoms with Gasteiger partial charge in [0.2, 0.25) is 10.5 Å². The predicted molar refractivity (Wildman–Crippen MR) is 49.5 cm³/mol. The molecule has 0 aliphatic rings. The van der Waals surface area contributed by atoms with Gasteiger partial charge in [0, 0.05) is 5.38 Å². The summed E-state index contributed by atoms with van der Waals surface area (Å²) in [5.41, 5.74) is -0.195. The van der Waals surface area contributed by atoms with E-state index >= 15 is 0 Å². The third-order valence-electron chi connectivity index (χ3n) is 1.39. The Kier molecular flexibility index (Phi) is 2.87. The van der Waals surface area contributed by atoms with E-state index in [1.807, 2.05) is 0 Å². The van der Waals surface area contributed by atoms with E-state index < -0.39 is 5.97 Å². The molecule has 14 heavy (non-hydrogen) atoms. The van der Waals surface area contributed by atoms with E-state index in [4.69, 9.17) is 16.4 Å². The molecule has 0 radical (unpaired) electrons. The quantitative estimate of drug-likeness (QED) is 0.348. The maximum absolute atomic E-state index is 10.7. The van der Waals surface area contributed by atoms with Gasteiger partial charge in [-0.3, -0.25) is 5.41 Å². The van der Waals surface area contributed by atoms with Gasteiger partial charge < -0.3 is 15.8 Å². The summed E-state index contributed by atoms with van der Waals surface area (Å²) in [5.74, 6) is 4.15. The molecule has 7 nitrogen and oxygen atoms in total. The van der Waals surface area contributed by atoms with Crippen LogP contribution in [0.4, 0.5) is 0 Å². The molecular weight excluding hydrogens is 208 g/mol. The van der Waals surface area contributed by atoms with E-state index in [9.17, 15) is 4.79 Å². The van der Waals surface area contributed by atoms with Crippen LogP contribution in [0.15, 0.2) is 10.5 Å². The number of aliphatic carboxylic acids is 1. The number of nitrogen functional groups attached to an aromatic ring is 1. The average Bonchev–Trinajstić information content (AvgIpc) is 2.44. The summed E-state index contributed by atoms with van der Waals surface area (Å²) in [6.07, 6.45) is 0. The van der Waals surface area contributed by atoms with Gasteiger partial charge in [-0.1, -0.05) is 5.16 Å². The van der Waals surface area contributed by atoms with Gasteiger partial charge in [-0.25, -0.2) is 9.47 Å². The molecule has 0 bridgehead atoms. The second-order valence-corrected chi connectivity index (χ2v) is 3.08. The zero-order valence-corrected chi connectivity index (χ0v) is 8.04. The van der Waals surface area contributed by atoms with Crippen LogP contribution >= 0.6 is 11.3 Å². The maximum atomic E-state index is 10.7. The Bertz CT molecular complexity index is 433. The van der Waals surface area contributed by atoms with Crippen LogP contribution in [0.3, 0.4) is 0 Å². The normalized spacial score (nSPS) is 11.4. The smallest absolute Gasteiger partial charge is 0.360 e. The Morgan fingerprint density at radius 2 is 2.50 bits per heavy atom. The van der Waals surface area contributed by atoms with Crippen molar-refractivity contribution in [3.8, 4) is 0 Å². The van der Waals surface area contributed by atoms with Gasteiger partial charge in [-0.15, -0.1) is 11.3 Å². The molecule has 0 amide bonds. The van der Waals surface area contributed by atoms with Crippen LogP contribution in [0.1, 0.15) is 5.69 Å². The summed E-state index contributed by atoms with van der Waals surface area (Å²) in [5, 5.41) is 20.8. The molecule has 1 rings (SSSR count). The minimum absolute atomic E-state index is 0.0325. The second kappa shape index (κ2) is 3.92. The number of nitrogens with zero attached hydrogens (tertiary/aromatic N) is 2. The van der Waals surface area contributed by atoms with Crippen molar-refractivity contribution in [1.82, 2.24) is 4.68 Å². The number of hydrogen-bond acceptors (Lipinski definition) is 6. The number of thiazole rings is 1. The molecule has 0 aliphatic carbocycles. The number of nitrogens with one attached hydrogen (secondary N) is 1. The number of aromatic nitrogens is 1. The molecule has 0 unspecified atom stereocenters. The summed E-state index contributed by atoms with van der Waals surface area (Å²) in [7, 11) is 1.23. The van der Waals surface area contributed by atoms with Crippen LogP contribution in [-0.2, 0) is 9.63 Å². The van der Waals surface area contributed by atoms with Crippen molar-refractivity contribution < 1.29 is 14.7 Å². The zero-order chi connectivity index (χ0) is 10.7. The largest absolute Gasteiger partial charge is 0.476 e. The summed E-state index contributed by atoms with van der Waals surface area (Å²) in [4.78, 5) is 15.1. The lowest BCUT2D eigenvalue weighted by molar-refractivity contribution is -0.129. The monoisotopic (exact) mass is 216 g/mol. The van der Waals surface area contributed by atoms with Gasteiger partial charge in [0.15, 0.2) is 0 Å². The highest BCUT2D eigenvalue weighted by molar-refractivity contribution is 7.07. The lowest BCUT2D eigenvalue weighted by Gasteiger charge is -2.00. The summed E-state index contributed by atoms with van der Waals surface area (Å²) < 4.78 is 0.927. The molecule has 0 fully saturated rings. The first-order valence-electron chi connectivity index (χ1n) is 3.43. The molecule has 0 atom stereocenters. The number of nitrogens with two attached hydrogens (primary N) is 1. The SMILES string of the molecule is CON=C(C(=O)O)c1csc(=N)n1N. The Morgan fingerprint density at radius 1 is 1.86 bits per heavy atom. The third-order valence-corrected chi connectivity index (χ3v) is 2.15. The number of carboxylic acids is 1. The van der Waals surface area contributed by atoms with E-state index in [0.29, 0.717) is 0 Å². The van der Waals surface area contributed by atoms with Gasteiger partial charge in [0.05, 0.1) is 0 Å². The van der Waals surface area contributed by atoms with E-state index in [2.05, 4.69) is 9.99 Å². The summed E-state index contributed by atoms with van der Waals surface area (Å²) in [6, 6.07) is 0. The van der Waals surface area contributed by atoms with Gasteiger partial charge >= 0.3 is 5.97 Å². The number of oxime groups is 1. The van der Waals surface area contributed by atoms with E-state index in [-0.39, 0.29) is 16.2 Å². The summed E-state index contributed by atoms with van der Waals surface area (Å²) >= 11 is 1.01. The van der Waals surface area contributed by atoms with Crippen LogP contribution < -0.4 is 10.6 Å². The predicted octanol–water partition coefficient (Wildman–Crippen LogP) is -0.822. The topological polar surface area (TPSA) is 114 Å². The van der Waals surface area contributed by atoms with Crippen LogP contribution in [0, 0.1) is 5.41 Å². The van der Waals surface area contributed by atoms with Crippen molar-refractivity contribution in [2.24, 2.45) is 5.16 Å². The highest BCUT2D eigenvalue weighted by Gasteiger charge is 2.18. The minimum atomic E-state index is -1.26. The Labute approximate surface area is 82.5 Å². The Balaban J connectivity index is 3.26. The van der Waals surface area contributed by atoms with Crippen LogP contribution in [0.25, 0.3) is 0 Å². The molecule has 8 heteroatoms. The van der Waals surface area contributed by atoms with Crippen LogP contribution in [-0.4, -0.2) is 28.6 Å². The van der Waals surface area contributed by atoms with E-state index in [1.54, 1.807) is 0 Å². The van der Waals surface area contributed by atoms with Gasteiger partial charge in [0.25, 0.3) is 0 Å². The zero-order valence-electron chi connectivity index (χ0n) is 7.22. The highest BCUT2D eigenvalue weighted by Crippen LogP contribution is 2.01. The number of hydrogen-bond donors (Lipinski definition) is 3. The van der Waals surface area contributed by atoms with Crippen molar-refractivity contribution in [2.75, 3.05) is 13.0 Å². The number of carboxylic acid groups (broad SMARTS) is 1. The molecule has 4 N–H and O–H groups in total. The van der Waals surface area contributed by atoms with E-state index in [1.165, 1.54) is 12.5 Å². The maximum Gasteiger partial charge on any atom is 0.360 e. The second-order valence-electron chi connectivity index (χ2n) is 2.22. The van der Waals surface area contributed by atoms with Gasteiger partial charge in [0.1, 0.15) is 12.8 Å². The van der Waals surface area contributed by atoms with Crippen molar-refractivity contribution >= 4 is 23.0 Å². The van der Waals surface area contributed by atoms with Gasteiger partial charge in [-0.05, 0) is 0 Å². The first-order valence-corrected chi connectivity index (χ1v) is 4.31. The Hall–Kier alpha value is -1.83. The van der Waals surface area contributed by atoms with Crippen LogP contribution in [0.2, 0.25) is 0 Å². The molecule has 0 aliphatic heterocycles. The molecule has 1 heterocycles. The molecule has 76 valence electrons. The molecule has 0 spiro atoms. The molecule has 0 saturated carbocycles. The fourth-order valence-electron chi connectivity index (χ4n) is 0.791. The van der Waals surface area contributed by atoms with Crippen molar-refractivity contribution in [2.45, 2.75) is 0 Å². The number of rotatable bonds is 3. The Morgan fingerprint density at radius 3 is 2.86 bits per heavy atom. The average molecular weight is 216 g/mol.